The monoisotopic (exact) mass is 289 g/mol. The second-order valence-electron chi connectivity index (χ2n) is 3.82. The van der Waals surface area contributed by atoms with E-state index in [2.05, 4.69) is 25.9 Å². The Labute approximate surface area is 109 Å². The Morgan fingerprint density at radius 1 is 1.41 bits per heavy atom. The molecule has 0 fully saturated rings. The van der Waals surface area contributed by atoms with Crippen LogP contribution in [0.3, 0.4) is 0 Å². The third kappa shape index (κ3) is 2.56. The Bertz CT molecular complexity index is 520. The molecule has 0 amide bonds. The Morgan fingerprint density at radius 2 is 2.12 bits per heavy atom. The van der Waals surface area contributed by atoms with Crippen LogP contribution in [0, 0.1) is 6.57 Å². The molecule has 1 atom stereocenters. The van der Waals surface area contributed by atoms with Crippen LogP contribution < -0.4 is 0 Å². The molecule has 1 heterocycles. The topological polar surface area (TPSA) is 22.2 Å². The molecule has 1 aromatic heterocycles. The van der Waals surface area contributed by atoms with Gasteiger partial charge in [-0.1, -0.05) is 30.3 Å². The van der Waals surface area contributed by atoms with Gasteiger partial charge in [-0.3, -0.25) is 4.68 Å². The molecule has 2 aromatic rings. The van der Waals surface area contributed by atoms with E-state index < -0.39 is 0 Å². The summed E-state index contributed by atoms with van der Waals surface area (Å²) >= 11 is 3.46. The molecular formula is C13H12BrN3. The molecule has 86 valence electrons. The summed E-state index contributed by atoms with van der Waals surface area (Å²) in [6.45, 7) is 7.32. The quantitative estimate of drug-likeness (QED) is 0.794. The van der Waals surface area contributed by atoms with E-state index >= 15 is 0 Å². The third-order valence-corrected chi connectivity index (χ3v) is 3.40. The van der Waals surface area contributed by atoms with Gasteiger partial charge in [0.2, 0.25) is 0 Å². The van der Waals surface area contributed by atoms with Crippen molar-refractivity contribution in [3.63, 3.8) is 0 Å². The van der Waals surface area contributed by atoms with Gasteiger partial charge in [-0.15, -0.1) is 0 Å². The fraction of sp³-hybridized carbons (Fsp3) is 0.231. The van der Waals surface area contributed by atoms with Crippen molar-refractivity contribution in [3.05, 3.63) is 63.7 Å². The number of aryl methyl sites for hydroxylation is 1. The van der Waals surface area contributed by atoms with Gasteiger partial charge in [0.25, 0.3) is 6.04 Å². The third-order valence-electron chi connectivity index (χ3n) is 2.74. The summed E-state index contributed by atoms with van der Waals surface area (Å²) in [5.41, 5.74) is 2.10. The zero-order valence-corrected chi connectivity index (χ0v) is 11.1. The Balaban J connectivity index is 2.26. The molecule has 1 aromatic carbocycles. The smallest absolute Gasteiger partial charge is 0.254 e. The van der Waals surface area contributed by atoms with E-state index in [-0.39, 0.29) is 6.04 Å². The number of aromatic nitrogens is 2. The molecule has 0 aliphatic rings. The molecular weight excluding hydrogens is 278 g/mol. The van der Waals surface area contributed by atoms with E-state index in [1.54, 1.807) is 6.20 Å². The molecule has 0 saturated carbocycles. The first-order chi connectivity index (χ1) is 8.22. The predicted octanol–water partition coefficient (Wildman–Crippen LogP) is 3.39. The lowest BCUT2D eigenvalue weighted by atomic mass is 10.0. The maximum Gasteiger partial charge on any atom is 0.254 e. The van der Waals surface area contributed by atoms with E-state index in [0.717, 1.165) is 15.7 Å². The molecule has 0 spiro atoms. The van der Waals surface area contributed by atoms with Crippen LogP contribution in [0.4, 0.5) is 0 Å². The first-order valence-corrected chi connectivity index (χ1v) is 6.09. The fourth-order valence-corrected chi connectivity index (χ4v) is 2.27. The second kappa shape index (κ2) is 5.15. The highest BCUT2D eigenvalue weighted by Gasteiger charge is 2.20. The van der Waals surface area contributed by atoms with E-state index in [4.69, 9.17) is 6.57 Å². The summed E-state index contributed by atoms with van der Waals surface area (Å²) in [5.74, 6) is 0. The van der Waals surface area contributed by atoms with Gasteiger partial charge in [-0.25, -0.2) is 6.57 Å². The largest absolute Gasteiger partial charge is 0.308 e. The lowest BCUT2D eigenvalue weighted by Gasteiger charge is -2.07. The van der Waals surface area contributed by atoms with Gasteiger partial charge >= 0.3 is 0 Å². The summed E-state index contributed by atoms with van der Waals surface area (Å²) in [6, 6.07) is 9.73. The van der Waals surface area contributed by atoms with Crippen LogP contribution in [0.15, 0.2) is 41.0 Å². The van der Waals surface area contributed by atoms with Crippen molar-refractivity contribution in [1.29, 1.82) is 0 Å². The van der Waals surface area contributed by atoms with Gasteiger partial charge in [0.15, 0.2) is 0 Å². The molecule has 4 heteroatoms. The molecule has 0 bridgehead atoms. The van der Waals surface area contributed by atoms with Gasteiger partial charge in [0.05, 0.1) is 22.8 Å². The summed E-state index contributed by atoms with van der Waals surface area (Å²) in [4.78, 5) is 3.70. The number of hydrogen-bond acceptors (Lipinski definition) is 1. The van der Waals surface area contributed by atoms with Crippen LogP contribution in [-0.2, 0) is 13.5 Å². The number of halogens is 1. The second-order valence-corrected chi connectivity index (χ2v) is 4.68. The van der Waals surface area contributed by atoms with Crippen LogP contribution in [-0.4, -0.2) is 9.78 Å². The summed E-state index contributed by atoms with van der Waals surface area (Å²) < 4.78 is 2.77. The van der Waals surface area contributed by atoms with Crippen molar-refractivity contribution in [2.75, 3.05) is 0 Å². The van der Waals surface area contributed by atoms with E-state index in [1.165, 1.54) is 0 Å². The Morgan fingerprint density at radius 3 is 2.65 bits per heavy atom. The maximum atomic E-state index is 7.32. The zero-order valence-electron chi connectivity index (χ0n) is 9.47. The average molecular weight is 290 g/mol. The zero-order chi connectivity index (χ0) is 12.3. The highest BCUT2D eigenvalue weighted by molar-refractivity contribution is 9.10. The number of rotatable bonds is 3. The van der Waals surface area contributed by atoms with Crippen molar-refractivity contribution in [3.8, 4) is 0 Å². The van der Waals surface area contributed by atoms with Crippen molar-refractivity contribution < 1.29 is 0 Å². The minimum Gasteiger partial charge on any atom is -0.308 e. The molecule has 2 rings (SSSR count). The normalized spacial score (nSPS) is 12.1. The van der Waals surface area contributed by atoms with Gasteiger partial charge < -0.3 is 4.85 Å². The number of hydrogen-bond donors (Lipinski definition) is 0. The van der Waals surface area contributed by atoms with Crippen LogP contribution >= 0.6 is 15.9 Å². The number of nitrogens with zero attached hydrogens (tertiary/aromatic N) is 3. The average Bonchev–Trinajstić information content (AvgIpc) is 2.68. The van der Waals surface area contributed by atoms with Crippen molar-refractivity contribution in [2.45, 2.75) is 12.5 Å². The van der Waals surface area contributed by atoms with E-state index in [1.807, 2.05) is 42.1 Å². The predicted molar refractivity (Wildman–Crippen MR) is 70.4 cm³/mol. The van der Waals surface area contributed by atoms with Crippen molar-refractivity contribution >= 4 is 15.9 Å². The minimum absolute atomic E-state index is 0.150. The van der Waals surface area contributed by atoms with Crippen LogP contribution in [0.1, 0.15) is 17.3 Å². The van der Waals surface area contributed by atoms with Gasteiger partial charge in [-0.05, 0) is 15.9 Å². The first-order valence-electron chi connectivity index (χ1n) is 5.30. The summed E-state index contributed by atoms with van der Waals surface area (Å²) in [7, 11) is 1.89. The van der Waals surface area contributed by atoms with E-state index in [0.29, 0.717) is 6.42 Å². The Kier molecular flexibility index (Phi) is 3.60. The van der Waals surface area contributed by atoms with Crippen LogP contribution in [0.25, 0.3) is 4.85 Å². The molecule has 1 unspecified atom stereocenters. The van der Waals surface area contributed by atoms with Crippen molar-refractivity contribution in [1.82, 2.24) is 9.78 Å². The highest BCUT2D eigenvalue weighted by atomic mass is 79.9. The fourth-order valence-electron chi connectivity index (χ4n) is 1.76. The molecule has 0 aliphatic heterocycles. The lowest BCUT2D eigenvalue weighted by Crippen LogP contribution is -2.04. The number of benzene rings is 1. The molecule has 3 nitrogen and oxygen atoms in total. The van der Waals surface area contributed by atoms with Gasteiger partial charge in [-0.2, -0.15) is 5.10 Å². The van der Waals surface area contributed by atoms with Gasteiger partial charge in [0.1, 0.15) is 0 Å². The standard InChI is InChI=1S/C13H12BrN3/c1-15-12(10-6-4-3-5-7-10)8-13-11(14)9-16-17(13)2/h3-7,9,12H,8H2,2H3. The molecule has 0 N–H and O–H groups in total. The molecule has 17 heavy (non-hydrogen) atoms. The SMILES string of the molecule is [C-]#[N+]C(Cc1c(Br)cnn1C)c1ccccc1. The lowest BCUT2D eigenvalue weighted by molar-refractivity contribution is 0.678. The van der Waals surface area contributed by atoms with E-state index in [9.17, 15) is 0 Å². The first kappa shape index (κ1) is 11.9. The van der Waals surface area contributed by atoms with Gasteiger partial charge in [0, 0.05) is 12.6 Å². The molecule has 0 aliphatic carbocycles. The summed E-state index contributed by atoms with van der Waals surface area (Å²) in [6.07, 6.45) is 2.44. The van der Waals surface area contributed by atoms with Crippen molar-refractivity contribution in [2.24, 2.45) is 7.05 Å². The van der Waals surface area contributed by atoms with Crippen LogP contribution in [0.5, 0.6) is 0 Å². The molecule has 0 saturated heterocycles. The maximum absolute atomic E-state index is 7.32. The van der Waals surface area contributed by atoms with Crippen LogP contribution in [0.2, 0.25) is 0 Å². The minimum atomic E-state index is -0.150. The Hall–Kier alpha value is -1.60. The highest BCUT2D eigenvalue weighted by Crippen LogP contribution is 2.25. The summed E-state index contributed by atoms with van der Waals surface area (Å²) in [5, 5.41) is 4.16. The molecule has 0 radical (unpaired) electrons.